The van der Waals surface area contributed by atoms with Crippen LogP contribution in [0, 0.1) is 23.2 Å². The normalized spacial score (nSPS) is 27.1. The first kappa shape index (κ1) is 10.7. The van der Waals surface area contributed by atoms with Gasteiger partial charge in [0.1, 0.15) is 0 Å². The highest BCUT2D eigenvalue weighted by Gasteiger charge is 2.55. The number of aliphatic hydroxyl groups is 1. The summed E-state index contributed by atoms with van der Waals surface area (Å²) in [6.45, 7) is -0.127. The molecule has 0 aromatic heterocycles. The van der Waals surface area contributed by atoms with Crippen LogP contribution in [-0.4, -0.2) is 22.8 Å². The zero-order chi connectivity index (χ0) is 11.7. The van der Waals surface area contributed by atoms with Gasteiger partial charge in [-0.2, -0.15) is 5.26 Å². The molecule has 0 spiro atoms. The molecular weight excluding hydrogens is 206 g/mol. The van der Waals surface area contributed by atoms with Crippen LogP contribution >= 0.6 is 0 Å². The first-order valence-corrected chi connectivity index (χ1v) is 5.02. The monoisotopic (exact) mass is 217 g/mol. The van der Waals surface area contributed by atoms with Gasteiger partial charge in [0.2, 0.25) is 0 Å². The average Bonchev–Trinajstić information content (AvgIpc) is 3.03. The average molecular weight is 217 g/mol. The van der Waals surface area contributed by atoms with Crippen LogP contribution in [-0.2, 0) is 4.79 Å². The molecule has 0 bridgehead atoms. The number of carboxylic acids is 1. The quantitative estimate of drug-likeness (QED) is 0.790. The molecule has 0 heterocycles. The number of rotatable bonds is 3. The number of hydrogen-bond acceptors (Lipinski definition) is 3. The van der Waals surface area contributed by atoms with Gasteiger partial charge in [-0.3, -0.25) is 4.79 Å². The van der Waals surface area contributed by atoms with E-state index in [2.05, 4.69) is 0 Å². The van der Waals surface area contributed by atoms with E-state index in [0.29, 0.717) is 5.56 Å². The van der Waals surface area contributed by atoms with Crippen molar-refractivity contribution in [1.82, 2.24) is 0 Å². The molecule has 16 heavy (non-hydrogen) atoms. The molecule has 1 aliphatic rings. The highest BCUT2D eigenvalue weighted by Crippen LogP contribution is 2.53. The molecule has 1 aromatic rings. The third kappa shape index (κ3) is 1.66. The summed E-state index contributed by atoms with van der Waals surface area (Å²) >= 11 is 0. The fourth-order valence-electron chi connectivity index (χ4n) is 2.21. The van der Waals surface area contributed by atoms with Crippen molar-refractivity contribution in [2.45, 2.75) is 5.92 Å². The van der Waals surface area contributed by atoms with Gasteiger partial charge in [0.25, 0.3) is 0 Å². The van der Waals surface area contributed by atoms with Crippen LogP contribution in [0.4, 0.5) is 0 Å². The summed E-state index contributed by atoms with van der Waals surface area (Å²) in [5.41, 5.74) is 1.34. The highest BCUT2D eigenvalue weighted by atomic mass is 16.4. The van der Waals surface area contributed by atoms with E-state index in [1.807, 2.05) is 6.07 Å². The van der Waals surface area contributed by atoms with Gasteiger partial charge in [-0.05, 0) is 17.7 Å². The minimum Gasteiger partial charge on any atom is -0.481 e. The molecule has 3 unspecified atom stereocenters. The standard InChI is InChI=1S/C12H11NO3/c13-5-7-2-1-3-8(4-7)10-9(6-14)11(10)12(15)16/h1-4,9-11,14H,6H2,(H,15,16). The van der Waals surface area contributed by atoms with Gasteiger partial charge in [-0.1, -0.05) is 12.1 Å². The topological polar surface area (TPSA) is 81.3 Å². The SMILES string of the molecule is N#Cc1cccc(C2C(CO)C2C(=O)O)c1. The van der Waals surface area contributed by atoms with E-state index < -0.39 is 11.9 Å². The van der Waals surface area contributed by atoms with Crippen molar-refractivity contribution in [3.05, 3.63) is 35.4 Å². The molecule has 2 N–H and O–H groups in total. The van der Waals surface area contributed by atoms with Crippen molar-refractivity contribution in [3.8, 4) is 6.07 Å². The maximum Gasteiger partial charge on any atom is 0.307 e. The van der Waals surface area contributed by atoms with E-state index in [9.17, 15) is 4.79 Å². The molecule has 1 fully saturated rings. The van der Waals surface area contributed by atoms with Gasteiger partial charge < -0.3 is 10.2 Å². The third-order valence-corrected chi connectivity index (χ3v) is 3.07. The molecular formula is C12H11NO3. The number of hydrogen-bond donors (Lipinski definition) is 2. The number of benzene rings is 1. The summed E-state index contributed by atoms with van der Waals surface area (Å²) in [7, 11) is 0. The Hall–Kier alpha value is -1.86. The van der Waals surface area contributed by atoms with E-state index in [-0.39, 0.29) is 18.4 Å². The molecule has 0 amide bonds. The molecule has 0 aliphatic heterocycles. The number of nitriles is 1. The Labute approximate surface area is 92.8 Å². The van der Waals surface area contributed by atoms with Crippen molar-refractivity contribution in [2.24, 2.45) is 11.8 Å². The minimum atomic E-state index is -0.883. The van der Waals surface area contributed by atoms with E-state index >= 15 is 0 Å². The Kier molecular flexibility index (Phi) is 2.63. The van der Waals surface area contributed by atoms with Crippen LogP contribution in [0.25, 0.3) is 0 Å². The summed E-state index contributed by atoms with van der Waals surface area (Å²) in [5.74, 6) is -1.77. The van der Waals surface area contributed by atoms with Crippen LogP contribution in [0.1, 0.15) is 17.0 Å². The Morgan fingerprint density at radius 1 is 1.50 bits per heavy atom. The fraction of sp³-hybridized carbons (Fsp3) is 0.333. The number of carbonyl (C=O) groups is 1. The molecule has 3 atom stereocenters. The van der Waals surface area contributed by atoms with Crippen molar-refractivity contribution < 1.29 is 15.0 Å². The maximum absolute atomic E-state index is 10.9. The second kappa shape index (κ2) is 3.95. The summed E-state index contributed by atoms with van der Waals surface area (Å²) in [6.07, 6.45) is 0. The molecule has 1 saturated carbocycles. The third-order valence-electron chi connectivity index (χ3n) is 3.07. The van der Waals surface area contributed by atoms with Crippen LogP contribution in [0.2, 0.25) is 0 Å². The van der Waals surface area contributed by atoms with E-state index in [1.165, 1.54) is 0 Å². The predicted octanol–water partition coefficient (Wildman–Crippen LogP) is 0.965. The molecule has 1 aromatic carbocycles. The smallest absolute Gasteiger partial charge is 0.307 e. The van der Waals surface area contributed by atoms with Crippen molar-refractivity contribution in [1.29, 1.82) is 5.26 Å². The lowest BCUT2D eigenvalue weighted by molar-refractivity contribution is -0.139. The fourth-order valence-corrected chi connectivity index (χ4v) is 2.21. The first-order chi connectivity index (χ1) is 7.69. The Bertz CT molecular complexity index is 464. The zero-order valence-corrected chi connectivity index (χ0v) is 8.50. The van der Waals surface area contributed by atoms with Crippen LogP contribution in [0.3, 0.4) is 0 Å². The van der Waals surface area contributed by atoms with Crippen molar-refractivity contribution in [2.75, 3.05) is 6.61 Å². The lowest BCUT2D eigenvalue weighted by Gasteiger charge is -1.98. The minimum absolute atomic E-state index is 0.127. The van der Waals surface area contributed by atoms with E-state index in [0.717, 1.165) is 5.56 Å². The summed E-state index contributed by atoms with van der Waals surface area (Å²) in [6, 6.07) is 8.92. The van der Waals surface area contributed by atoms with Gasteiger partial charge in [0.05, 0.1) is 17.6 Å². The van der Waals surface area contributed by atoms with Gasteiger partial charge >= 0.3 is 5.97 Å². The highest BCUT2D eigenvalue weighted by molar-refractivity contribution is 5.76. The Morgan fingerprint density at radius 2 is 2.25 bits per heavy atom. The second-order valence-corrected chi connectivity index (χ2v) is 3.97. The van der Waals surface area contributed by atoms with Crippen LogP contribution in [0.15, 0.2) is 24.3 Å². The number of aliphatic hydroxyl groups excluding tert-OH is 1. The molecule has 4 heteroatoms. The van der Waals surface area contributed by atoms with Gasteiger partial charge in [0, 0.05) is 18.4 Å². The van der Waals surface area contributed by atoms with Gasteiger partial charge in [-0.25, -0.2) is 0 Å². The molecule has 4 nitrogen and oxygen atoms in total. The molecule has 1 aliphatic carbocycles. The van der Waals surface area contributed by atoms with Gasteiger partial charge in [0.15, 0.2) is 0 Å². The number of nitrogens with zero attached hydrogens (tertiary/aromatic N) is 1. The van der Waals surface area contributed by atoms with Crippen LogP contribution in [0.5, 0.6) is 0 Å². The molecule has 0 saturated heterocycles. The lowest BCUT2D eigenvalue weighted by Crippen LogP contribution is -2.01. The summed E-state index contributed by atoms with van der Waals surface area (Å²) in [4.78, 5) is 10.9. The molecule has 82 valence electrons. The first-order valence-electron chi connectivity index (χ1n) is 5.02. The largest absolute Gasteiger partial charge is 0.481 e. The Balaban J connectivity index is 2.26. The molecule has 2 rings (SSSR count). The lowest BCUT2D eigenvalue weighted by atomic mass is 10.1. The number of carboxylic acid groups (broad SMARTS) is 1. The maximum atomic E-state index is 10.9. The van der Waals surface area contributed by atoms with Crippen molar-refractivity contribution in [3.63, 3.8) is 0 Å². The zero-order valence-electron chi connectivity index (χ0n) is 8.50. The van der Waals surface area contributed by atoms with E-state index in [1.54, 1.807) is 24.3 Å². The van der Waals surface area contributed by atoms with Crippen LogP contribution < -0.4 is 0 Å². The number of aliphatic carboxylic acids is 1. The second-order valence-electron chi connectivity index (χ2n) is 3.97. The van der Waals surface area contributed by atoms with Crippen molar-refractivity contribution >= 4 is 5.97 Å². The molecule has 0 radical (unpaired) electrons. The van der Waals surface area contributed by atoms with E-state index in [4.69, 9.17) is 15.5 Å². The van der Waals surface area contributed by atoms with Gasteiger partial charge in [-0.15, -0.1) is 0 Å². The summed E-state index contributed by atoms with van der Waals surface area (Å²) in [5, 5.41) is 26.7. The predicted molar refractivity (Wildman–Crippen MR) is 55.6 cm³/mol. The Morgan fingerprint density at radius 3 is 2.75 bits per heavy atom. The summed E-state index contributed by atoms with van der Waals surface area (Å²) < 4.78 is 0.